The Kier molecular flexibility index (Phi) is 6.01. The topological polar surface area (TPSA) is 118 Å². The Morgan fingerprint density at radius 3 is 2.57 bits per heavy atom. The van der Waals surface area contributed by atoms with E-state index >= 15 is 0 Å². The van der Waals surface area contributed by atoms with Gasteiger partial charge in [0.25, 0.3) is 0 Å². The first-order valence-electron chi connectivity index (χ1n) is 11.2. The van der Waals surface area contributed by atoms with Crippen LogP contribution in [0.15, 0.2) is 75.9 Å². The Morgan fingerprint density at radius 2 is 1.74 bits per heavy atom. The van der Waals surface area contributed by atoms with Crippen LogP contribution in [-0.4, -0.2) is 29.5 Å². The number of carbonyl (C=O) groups is 1. The molecule has 8 heteroatoms. The molecule has 0 radical (unpaired) electrons. The Labute approximate surface area is 200 Å². The quantitative estimate of drug-likeness (QED) is 0.349. The zero-order valence-electron chi connectivity index (χ0n) is 18.7. The molecular formula is C27H23NO7. The van der Waals surface area contributed by atoms with Gasteiger partial charge in [0, 0.05) is 18.9 Å². The molecule has 1 aliphatic heterocycles. The summed E-state index contributed by atoms with van der Waals surface area (Å²) in [6.45, 7) is 0.459. The number of hydrogen-bond donors (Lipinski definition) is 3. The summed E-state index contributed by atoms with van der Waals surface area (Å²) in [5, 5.41) is 23.7. The number of nitrogens with one attached hydrogen (secondary N) is 1. The van der Waals surface area contributed by atoms with E-state index in [-0.39, 0.29) is 41.8 Å². The maximum Gasteiger partial charge on any atom is 0.343 e. The lowest BCUT2D eigenvalue weighted by Crippen LogP contribution is -2.28. The number of phenols is 1. The van der Waals surface area contributed by atoms with Crippen molar-refractivity contribution < 1.29 is 28.9 Å². The lowest BCUT2D eigenvalue weighted by Gasteiger charge is -2.19. The van der Waals surface area contributed by atoms with E-state index in [0.29, 0.717) is 35.4 Å². The molecule has 0 bridgehead atoms. The van der Waals surface area contributed by atoms with E-state index in [2.05, 4.69) is 5.32 Å². The van der Waals surface area contributed by atoms with Crippen LogP contribution in [0.3, 0.4) is 0 Å². The van der Waals surface area contributed by atoms with Gasteiger partial charge in [0.1, 0.15) is 17.1 Å². The second kappa shape index (κ2) is 9.42. The summed E-state index contributed by atoms with van der Waals surface area (Å²) in [4.78, 5) is 25.9. The molecule has 3 N–H and O–H groups in total. The highest BCUT2D eigenvalue weighted by molar-refractivity contribution is 5.85. The number of benzene rings is 3. The molecular weight excluding hydrogens is 450 g/mol. The van der Waals surface area contributed by atoms with Gasteiger partial charge in [-0.15, -0.1) is 0 Å². The van der Waals surface area contributed by atoms with Crippen molar-refractivity contribution in [3.05, 3.63) is 93.8 Å². The largest absolute Gasteiger partial charge is 0.508 e. The maximum absolute atomic E-state index is 13.0. The summed E-state index contributed by atoms with van der Waals surface area (Å²) < 4.78 is 16.3. The van der Waals surface area contributed by atoms with Crippen molar-refractivity contribution in [3.63, 3.8) is 0 Å². The fourth-order valence-corrected chi connectivity index (χ4v) is 4.24. The van der Waals surface area contributed by atoms with E-state index in [9.17, 15) is 19.8 Å². The molecule has 5 rings (SSSR count). The number of fused-ring (bicyclic) bond motifs is 2. The van der Waals surface area contributed by atoms with Crippen molar-refractivity contribution in [3.8, 4) is 23.0 Å². The minimum absolute atomic E-state index is 0.0104. The van der Waals surface area contributed by atoms with Crippen molar-refractivity contribution >= 4 is 16.9 Å². The number of aromatic hydroxyl groups is 2. The summed E-state index contributed by atoms with van der Waals surface area (Å²) in [5.41, 5.74) is 1.14. The third-order valence-electron chi connectivity index (χ3n) is 6.03. The van der Waals surface area contributed by atoms with E-state index in [1.807, 2.05) is 0 Å². The van der Waals surface area contributed by atoms with Crippen LogP contribution in [0.2, 0.25) is 0 Å². The normalized spacial score (nSPS) is 13.0. The van der Waals surface area contributed by atoms with Crippen molar-refractivity contribution in [2.24, 2.45) is 0 Å². The van der Waals surface area contributed by atoms with Crippen LogP contribution in [0.4, 0.5) is 0 Å². The molecule has 0 spiro atoms. The average Bonchev–Trinajstić information content (AvgIpc) is 3.33. The Balaban J connectivity index is 1.44. The number of phenolic OH excluding ortho intramolecular Hbond substituents is 1. The third-order valence-corrected chi connectivity index (χ3v) is 6.03. The van der Waals surface area contributed by atoms with Crippen LogP contribution in [-0.2, 0) is 11.2 Å². The van der Waals surface area contributed by atoms with Crippen LogP contribution in [0, 0.1) is 0 Å². The maximum atomic E-state index is 13.0. The highest BCUT2D eigenvalue weighted by atomic mass is 16.7. The standard InChI is InChI=1S/C27H23NO7/c29-18-8-5-16(6-9-18)11-12-28-24(30)14-20(17-7-10-22-23(13-17)34-15-33-22)25-26(31)19-3-1-2-4-21(19)35-27(25)32/h1-10,13,20,29,31H,11-12,14-15H2,(H,28,30)/t20-/m1/s1. The van der Waals surface area contributed by atoms with E-state index in [1.54, 1.807) is 66.7 Å². The first kappa shape index (κ1) is 22.3. The van der Waals surface area contributed by atoms with Crippen molar-refractivity contribution in [1.82, 2.24) is 5.32 Å². The number of amides is 1. The van der Waals surface area contributed by atoms with Crippen LogP contribution in [0.25, 0.3) is 11.0 Å². The zero-order valence-corrected chi connectivity index (χ0v) is 18.7. The monoisotopic (exact) mass is 473 g/mol. The van der Waals surface area contributed by atoms with E-state index < -0.39 is 11.5 Å². The highest BCUT2D eigenvalue weighted by Crippen LogP contribution is 2.40. The van der Waals surface area contributed by atoms with Crippen LogP contribution < -0.4 is 20.4 Å². The van der Waals surface area contributed by atoms with Crippen molar-refractivity contribution in [1.29, 1.82) is 0 Å². The Morgan fingerprint density at radius 1 is 0.971 bits per heavy atom. The first-order valence-corrected chi connectivity index (χ1v) is 11.2. The minimum atomic E-state index is -0.779. The van der Waals surface area contributed by atoms with Gasteiger partial charge < -0.3 is 29.4 Å². The first-order chi connectivity index (χ1) is 17.0. The predicted molar refractivity (Wildman–Crippen MR) is 128 cm³/mol. The third kappa shape index (κ3) is 4.63. The molecule has 0 unspecified atom stereocenters. The van der Waals surface area contributed by atoms with Crippen molar-refractivity contribution in [2.75, 3.05) is 13.3 Å². The second-order valence-corrected chi connectivity index (χ2v) is 8.28. The molecule has 1 aliphatic rings. The number of rotatable bonds is 7. The molecule has 178 valence electrons. The molecule has 4 aromatic rings. The average molecular weight is 473 g/mol. The second-order valence-electron chi connectivity index (χ2n) is 8.28. The van der Waals surface area contributed by atoms with Gasteiger partial charge in [-0.3, -0.25) is 4.79 Å². The number of para-hydroxylation sites is 1. The highest BCUT2D eigenvalue weighted by Gasteiger charge is 2.28. The van der Waals surface area contributed by atoms with Gasteiger partial charge >= 0.3 is 5.63 Å². The molecule has 1 amide bonds. The molecule has 1 aromatic heterocycles. The summed E-state index contributed by atoms with van der Waals surface area (Å²) in [5.74, 6) is -0.0299. The summed E-state index contributed by atoms with van der Waals surface area (Å²) >= 11 is 0. The molecule has 2 heterocycles. The summed E-state index contributed by atoms with van der Waals surface area (Å²) in [7, 11) is 0. The number of carbonyl (C=O) groups excluding carboxylic acids is 1. The minimum Gasteiger partial charge on any atom is -0.508 e. The number of ether oxygens (including phenoxy) is 2. The van der Waals surface area contributed by atoms with Gasteiger partial charge in [0.2, 0.25) is 12.7 Å². The Hall–Kier alpha value is -4.46. The predicted octanol–water partition coefficient (Wildman–Crippen LogP) is 3.81. The zero-order chi connectivity index (χ0) is 24.4. The summed E-state index contributed by atoms with van der Waals surface area (Å²) in [6, 6.07) is 18.6. The molecule has 35 heavy (non-hydrogen) atoms. The van der Waals surface area contributed by atoms with E-state index in [0.717, 1.165) is 5.56 Å². The molecule has 3 aromatic carbocycles. The van der Waals surface area contributed by atoms with Gasteiger partial charge in [0.05, 0.1) is 10.9 Å². The molecule has 0 saturated heterocycles. The fourth-order valence-electron chi connectivity index (χ4n) is 4.24. The van der Waals surface area contributed by atoms with Gasteiger partial charge in [-0.25, -0.2) is 4.79 Å². The van der Waals surface area contributed by atoms with Gasteiger partial charge in [-0.2, -0.15) is 0 Å². The van der Waals surface area contributed by atoms with Gasteiger partial charge in [-0.1, -0.05) is 30.3 Å². The number of hydrogen-bond acceptors (Lipinski definition) is 7. The fraction of sp³-hybridized carbons (Fsp3) is 0.185. The molecule has 0 saturated carbocycles. The molecule has 0 aliphatic carbocycles. The van der Waals surface area contributed by atoms with E-state index in [1.165, 1.54) is 0 Å². The van der Waals surface area contributed by atoms with Crippen LogP contribution in [0.1, 0.15) is 29.0 Å². The van der Waals surface area contributed by atoms with Crippen LogP contribution in [0.5, 0.6) is 23.0 Å². The lowest BCUT2D eigenvalue weighted by molar-refractivity contribution is -0.121. The molecule has 8 nitrogen and oxygen atoms in total. The smallest absolute Gasteiger partial charge is 0.343 e. The summed E-state index contributed by atoms with van der Waals surface area (Å²) in [6.07, 6.45) is 0.482. The van der Waals surface area contributed by atoms with Gasteiger partial charge in [-0.05, 0) is 53.9 Å². The lowest BCUT2D eigenvalue weighted by atomic mass is 9.87. The van der Waals surface area contributed by atoms with E-state index in [4.69, 9.17) is 13.9 Å². The van der Waals surface area contributed by atoms with Crippen molar-refractivity contribution in [2.45, 2.75) is 18.8 Å². The van der Waals surface area contributed by atoms with Gasteiger partial charge in [0.15, 0.2) is 11.5 Å². The molecule has 0 fully saturated rings. The SMILES string of the molecule is O=C(C[C@H](c1ccc2c(c1)OCO2)c1c(O)c2ccccc2oc1=O)NCCc1ccc(O)cc1. The Bertz CT molecular complexity index is 1440. The molecule has 1 atom stereocenters. The van der Waals surface area contributed by atoms with Crippen LogP contribution >= 0.6 is 0 Å².